The van der Waals surface area contributed by atoms with Crippen molar-refractivity contribution < 1.29 is 14.7 Å². The predicted octanol–water partition coefficient (Wildman–Crippen LogP) is 7.24. The van der Waals surface area contributed by atoms with Crippen LogP contribution in [0.25, 0.3) is 21.5 Å². The quantitative estimate of drug-likeness (QED) is 0.177. The van der Waals surface area contributed by atoms with Crippen LogP contribution in [0.1, 0.15) is 83.2 Å². The molecule has 8 rings (SSSR count). The van der Waals surface area contributed by atoms with Gasteiger partial charge in [-0.2, -0.15) is 0 Å². The lowest BCUT2D eigenvalue weighted by molar-refractivity contribution is 0.0808. The first kappa shape index (κ1) is 33.1. The Kier molecular flexibility index (Phi) is 10.3. The Labute approximate surface area is 285 Å². The number of nitrogens with zero attached hydrogens (tertiary/aromatic N) is 2. The molecule has 0 amide bonds. The molecule has 0 bridgehead atoms. The molecule has 252 valence electrons. The maximum atomic E-state index is 13.1. The van der Waals surface area contributed by atoms with Crippen molar-refractivity contribution in [3.63, 3.8) is 0 Å². The molecular formula is C42H51N3O3. The van der Waals surface area contributed by atoms with Crippen molar-refractivity contribution in [2.75, 3.05) is 39.3 Å². The monoisotopic (exact) mass is 645 g/mol. The Morgan fingerprint density at radius 2 is 1.10 bits per heavy atom. The highest BCUT2D eigenvalue weighted by molar-refractivity contribution is 6.03. The van der Waals surface area contributed by atoms with Crippen molar-refractivity contribution in [3.8, 4) is 0 Å². The van der Waals surface area contributed by atoms with Gasteiger partial charge in [0, 0.05) is 55.7 Å². The number of likely N-dealkylation sites (tertiary alicyclic amines) is 2. The summed E-state index contributed by atoms with van der Waals surface area (Å²) in [5.74, 6) is 2.56. The average Bonchev–Trinajstić information content (AvgIpc) is 4.09. The molecule has 2 saturated heterocycles. The van der Waals surface area contributed by atoms with E-state index in [1.54, 1.807) is 0 Å². The second-order valence-corrected chi connectivity index (χ2v) is 14.9. The number of nitrogens with two attached hydrogens (primary N) is 1. The van der Waals surface area contributed by atoms with Gasteiger partial charge >= 0.3 is 0 Å². The van der Waals surface area contributed by atoms with Gasteiger partial charge in [0.25, 0.3) is 0 Å². The van der Waals surface area contributed by atoms with Crippen molar-refractivity contribution >= 4 is 33.1 Å². The molecular weight excluding hydrogens is 594 g/mol. The van der Waals surface area contributed by atoms with Gasteiger partial charge in [0.05, 0.1) is 6.61 Å². The first-order chi connectivity index (χ1) is 23.5. The maximum absolute atomic E-state index is 13.1. The zero-order chi connectivity index (χ0) is 33.0. The van der Waals surface area contributed by atoms with Gasteiger partial charge in [-0.05, 0) is 133 Å². The van der Waals surface area contributed by atoms with Crippen molar-refractivity contribution in [2.24, 2.45) is 29.4 Å². The molecule has 4 aliphatic rings. The van der Waals surface area contributed by atoms with E-state index in [1.165, 1.54) is 38.8 Å². The standard InChI is InChI=1S/C21H26N2O.C21H25NO2/c22-12-19-11-18(10-16-4-1-2-6-20(16)19)21(24)17-5-3-9-23(14-17)13-15-7-8-15;23-14-19-11-18(10-16-4-1-2-6-20(16)19)21(24)17-5-3-9-22(13-17)12-15-7-8-15/h1-2,4,6,10-11,15,17H,3,5,7-9,12-14,22H2;1-2,4,6,10-11,15,17,23H,3,5,7-9,12-14H2. The SMILES string of the molecule is NCc1cc(C(=O)C2CCCN(CC3CC3)C2)cc2ccccc12.O=C(c1cc(CO)c2ccccc2c1)C1CCCN(CC2CC2)C1. The van der Waals surface area contributed by atoms with Crippen LogP contribution in [-0.4, -0.2) is 65.7 Å². The number of aliphatic hydroxyl groups is 1. The molecule has 2 heterocycles. The fourth-order valence-corrected chi connectivity index (χ4v) is 8.04. The largest absolute Gasteiger partial charge is 0.392 e. The first-order valence-corrected chi connectivity index (χ1v) is 18.4. The third kappa shape index (κ3) is 7.89. The third-order valence-corrected chi connectivity index (χ3v) is 11.0. The molecule has 2 unspecified atom stereocenters. The zero-order valence-electron chi connectivity index (χ0n) is 28.3. The Morgan fingerprint density at radius 1 is 0.646 bits per heavy atom. The van der Waals surface area contributed by atoms with E-state index in [0.29, 0.717) is 12.3 Å². The minimum Gasteiger partial charge on any atom is -0.392 e. The highest BCUT2D eigenvalue weighted by Crippen LogP contribution is 2.33. The van der Waals surface area contributed by atoms with E-state index in [9.17, 15) is 14.7 Å². The number of fused-ring (bicyclic) bond motifs is 2. The highest BCUT2D eigenvalue weighted by Gasteiger charge is 2.32. The number of piperidine rings is 2. The van der Waals surface area contributed by atoms with Crippen LogP contribution in [0.2, 0.25) is 0 Å². The van der Waals surface area contributed by atoms with Crippen molar-refractivity contribution in [1.82, 2.24) is 9.80 Å². The smallest absolute Gasteiger partial charge is 0.167 e. The van der Waals surface area contributed by atoms with Crippen LogP contribution in [0.3, 0.4) is 0 Å². The third-order valence-electron chi connectivity index (χ3n) is 11.0. The molecule has 4 aromatic carbocycles. The van der Waals surface area contributed by atoms with Crippen LogP contribution in [0.15, 0.2) is 72.8 Å². The van der Waals surface area contributed by atoms with Gasteiger partial charge in [0.1, 0.15) is 0 Å². The molecule has 2 atom stereocenters. The number of hydrogen-bond acceptors (Lipinski definition) is 6. The summed E-state index contributed by atoms with van der Waals surface area (Å²) in [5.41, 5.74) is 9.45. The van der Waals surface area contributed by atoms with Crippen LogP contribution in [0.5, 0.6) is 0 Å². The maximum Gasteiger partial charge on any atom is 0.167 e. The van der Waals surface area contributed by atoms with Crippen molar-refractivity contribution in [2.45, 2.75) is 64.5 Å². The van der Waals surface area contributed by atoms with E-state index in [4.69, 9.17) is 5.73 Å². The summed E-state index contributed by atoms with van der Waals surface area (Å²) in [7, 11) is 0. The van der Waals surface area contributed by atoms with Crippen LogP contribution < -0.4 is 5.73 Å². The van der Waals surface area contributed by atoms with Gasteiger partial charge in [-0.15, -0.1) is 0 Å². The number of aliphatic hydroxyl groups excluding tert-OH is 1. The zero-order valence-corrected chi connectivity index (χ0v) is 28.3. The summed E-state index contributed by atoms with van der Waals surface area (Å²) in [6.45, 7) is 6.93. The number of carbonyl (C=O) groups excluding carboxylic acids is 2. The minimum atomic E-state index is -0.0277. The van der Waals surface area contributed by atoms with Gasteiger partial charge in [0.2, 0.25) is 0 Å². The summed E-state index contributed by atoms with van der Waals surface area (Å²) in [4.78, 5) is 31.1. The first-order valence-electron chi connectivity index (χ1n) is 18.4. The van der Waals surface area contributed by atoms with Gasteiger partial charge in [0.15, 0.2) is 11.6 Å². The lowest BCUT2D eigenvalue weighted by atomic mass is 9.88. The highest BCUT2D eigenvalue weighted by atomic mass is 16.3. The normalized spacial score (nSPS) is 22.0. The van der Waals surface area contributed by atoms with Gasteiger partial charge in [-0.1, -0.05) is 48.5 Å². The lowest BCUT2D eigenvalue weighted by Gasteiger charge is -2.32. The van der Waals surface area contributed by atoms with Crippen LogP contribution in [0.4, 0.5) is 0 Å². The topological polar surface area (TPSA) is 86.9 Å². The Morgan fingerprint density at radius 3 is 1.56 bits per heavy atom. The van der Waals surface area contributed by atoms with E-state index in [-0.39, 0.29) is 24.2 Å². The van der Waals surface area contributed by atoms with Crippen LogP contribution in [0, 0.1) is 23.7 Å². The van der Waals surface area contributed by atoms with Crippen molar-refractivity contribution in [3.05, 3.63) is 95.1 Å². The Balaban J connectivity index is 0.000000152. The Hall–Kier alpha value is -3.42. The second-order valence-electron chi connectivity index (χ2n) is 14.9. The fourth-order valence-electron chi connectivity index (χ4n) is 8.04. The van der Waals surface area contributed by atoms with Crippen molar-refractivity contribution in [1.29, 1.82) is 0 Å². The summed E-state index contributed by atoms with van der Waals surface area (Å²) in [6, 6.07) is 24.2. The molecule has 0 radical (unpaired) electrons. The number of hydrogen-bond donors (Lipinski definition) is 2. The average molecular weight is 646 g/mol. The summed E-state index contributed by atoms with van der Waals surface area (Å²) >= 11 is 0. The molecule has 2 saturated carbocycles. The number of Topliss-reactive ketones (excluding diaryl/α,β-unsaturated/α-hetero) is 2. The number of ketones is 2. The molecule has 0 aromatic heterocycles. The van der Waals surface area contributed by atoms with E-state index >= 15 is 0 Å². The summed E-state index contributed by atoms with van der Waals surface area (Å²) in [6.07, 6.45) is 9.73. The Bertz CT molecular complexity index is 1630. The fraction of sp³-hybridized carbons (Fsp3) is 0.476. The molecule has 2 aliphatic carbocycles. The van der Waals surface area contributed by atoms with Crippen LogP contribution >= 0.6 is 0 Å². The molecule has 2 aliphatic heterocycles. The van der Waals surface area contributed by atoms with E-state index in [0.717, 1.165) is 107 Å². The number of carbonyl (C=O) groups is 2. The number of benzene rings is 4. The molecule has 0 spiro atoms. The molecule has 48 heavy (non-hydrogen) atoms. The minimum absolute atomic E-state index is 0.0277. The second kappa shape index (κ2) is 15.0. The van der Waals surface area contributed by atoms with Crippen LogP contribution in [-0.2, 0) is 13.2 Å². The van der Waals surface area contributed by atoms with Gasteiger partial charge in [-0.3, -0.25) is 9.59 Å². The molecule has 3 N–H and O–H groups in total. The lowest BCUT2D eigenvalue weighted by Crippen LogP contribution is -2.39. The number of rotatable bonds is 10. The molecule has 6 heteroatoms. The summed E-state index contributed by atoms with van der Waals surface area (Å²) < 4.78 is 0. The predicted molar refractivity (Wildman–Crippen MR) is 194 cm³/mol. The summed E-state index contributed by atoms with van der Waals surface area (Å²) in [5, 5.41) is 14.0. The van der Waals surface area contributed by atoms with E-state index < -0.39 is 0 Å². The van der Waals surface area contributed by atoms with Gasteiger partial charge < -0.3 is 20.6 Å². The molecule has 4 aromatic rings. The molecule has 4 fully saturated rings. The van der Waals surface area contributed by atoms with Gasteiger partial charge in [-0.25, -0.2) is 0 Å². The van der Waals surface area contributed by atoms with E-state index in [2.05, 4.69) is 28.0 Å². The molecule has 6 nitrogen and oxygen atoms in total. The van der Waals surface area contributed by atoms with E-state index in [1.807, 2.05) is 54.6 Å².